The molecule has 6 nitrogen and oxygen atoms in total. The molecule has 0 saturated heterocycles. The first-order valence-electron chi connectivity index (χ1n) is 3.99. The van der Waals surface area contributed by atoms with E-state index in [-0.39, 0.29) is 0 Å². The molecule has 0 aliphatic carbocycles. The van der Waals surface area contributed by atoms with Gasteiger partial charge in [0.05, 0.1) is 0 Å². The molecule has 0 amide bonds. The van der Waals surface area contributed by atoms with Crippen molar-refractivity contribution in [2.24, 2.45) is 9.98 Å². The highest BCUT2D eigenvalue weighted by atomic mass is 127. The largest absolute Gasteiger partial charge is 0.448 e. The predicted octanol–water partition coefficient (Wildman–Crippen LogP) is 1.75. The van der Waals surface area contributed by atoms with Gasteiger partial charge in [0.1, 0.15) is 11.5 Å². The van der Waals surface area contributed by atoms with Crippen LogP contribution in [0.2, 0.25) is 0 Å². The number of benzene rings is 1. The second-order valence-electron chi connectivity index (χ2n) is 2.43. The maximum Gasteiger partial charge on any atom is 0.308 e. The second kappa shape index (κ2) is 6.73. The first-order chi connectivity index (χ1) is 7.80. The molecule has 0 radical (unpaired) electrons. The number of rotatable bonds is 5. The van der Waals surface area contributed by atoms with Crippen molar-refractivity contribution in [1.29, 1.82) is 0 Å². The molecule has 1 aromatic rings. The molecule has 0 aliphatic rings. The summed E-state index contributed by atoms with van der Waals surface area (Å²) in [7, 11) is 0. The van der Waals surface area contributed by atoms with Gasteiger partial charge in [-0.15, -0.1) is 9.98 Å². The minimum absolute atomic E-state index is 0.389. The molecule has 0 unspecified atom stereocenters. The van der Waals surface area contributed by atoms with Gasteiger partial charge in [-0.3, -0.25) is 0 Å². The lowest BCUT2D eigenvalue weighted by Crippen LogP contribution is -2.09. The molecule has 82 valence electrons. The highest BCUT2D eigenvalue weighted by Gasteiger charge is 2.05. The molecule has 16 heavy (non-hydrogen) atoms. The Balaban J connectivity index is 2.76. The molecule has 0 spiro atoms. The van der Waals surface area contributed by atoms with Crippen molar-refractivity contribution in [3.8, 4) is 11.5 Å². The zero-order valence-corrected chi connectivity index (χ0v) is 9.95. The lowest BCUT2D eigenvalue weighted by Gasteiger charge is -2.07. The normalized spacial score (nSPS) is 10.6. The zero-order valence-electron chi connectivity index (χ0n) is 7.79. The number of carbonyl (C=O) groups excluding carboxylic acids is 2. The van der Waals surface area contributed by atoms with Crippen LogP contribution in [0.4, 0.5) is 0 Å². The number of hydrogen-bond acceptors (Lipinski definition) is 6. The zero-order chi connectivity index (χ0) is 11.8. The van der Waals surface area contributed by atoms with Gasteiger partial charge in [0.2, 0.25) is 12.2 Å². The van der Waals surface area contributed by atoms with Gasteiger partial charge in [-0.05, 0) is 24.3 Å². The molecular weight excluding hydrogens is 327 g/mol. The number of ether oxygens (including phenoxy) is 1. The van der Waals surface area contributed by atoms with Gasteiger partial charge >= 0.3 is 6.35 Å². The molecule has 0 fully saturated rings. The van der Waals surface area contributed by atoms with Crippen LogP contribution in [-0.2, 0) is 9.59 Å². The van der Waals surface area contributed by atoms with E-state index >= 15 is 0 Å². The van der Waals surface area contributed by atoms with E-state index in [4.69, 9.17) is 7.80 Å². The molecule has 1 rings (SSSR count). The molecule has 7 heteroatoms. The van der Waals surface area contributed by atoms with E-state index < -0.39 is 6.35 Å². The average Bonchev–Trinajstić information content (AvgIpc) is 2.31. The standard InChI is InChI=1S/C9H5IN2O4/c10-16-8-3-1-7(2-4-8)15-9(11-5-13)12-6-14/h1-4,9H. The number of isocyanates is 2. The first-order valence-corrected chi connectivity index (χ1v) is 4.87. The van der Waals surface area contributed by atoms with Crippen LogP contribution in [0.5, 0.6) is 11.5 Å². The minimum atomic E-state index is -1.25. The lowest BCUT2D eigenvalue weighted by molar-refractivity contribution is 0.221. The van der Waals surface area contributed by atoms with Crippen LogP contribution in [0.25, 0.3) is 0 Å². The van der Waals surface area contributed by atoms with Crippen molar-refractivity contribution in [2.75, 3.05) is 0 Å². The Labute approximate surface area is 105 Å². The highest BCUT2D eigenvalue weighted by Crippen LogP contribution is 2.20. The van der Waals surface area contributed by atoms with Crippen molar-refractivity contribution >= 4 is 35.2 Å². The van der Waals surface area contributed by atoms with E-state index in [2.05, 4.69) is 9.98 Å². The van der Waals surface area contributed by atoms with Gasteiger partial charge in [-0.25, -0.2) is 9.59 Å². The third-order valence-electron chi connectivity index (χ3n) is 1.48. The lowest BCUT2D eigenvalue weighted by atomic mass is 10.3. The Morgan fingerprint density at radius 2 is 1.56 bits per heavy atom. The quantitative estimate of drug-likeness (QED) is 0.468. The number of aliphatic imine (C=N–C) groups is 2. The fourth-order valence-electron chi connectivity index (χ4n) is 0.863. The molecule has 0 heterocycles. The van der Waals surface area contributed by atoms with E-state index in [1.165, 1.54) is 12.2 Å². The maximum absolute atomic E-state index is 10.00. The monoisotopic (exact) mass is 332 g/mol. The maximum atomic E-state index is 10.00. The third-order valence-corrected chi connectivity index (χ3v) is 1.99. The molecular formula is C9H5IN2O4. The summed E-state index contributed by atoms with van der Waals surface area (Å²) in [5.41, 5.74) is 0. The summed E-state index contributed by atoms with van der Waals surface area (Å²) in [6, 6.07) is 6.46. The number of nitrogens with zero attached hydrogens (tertiary/aromatic N) is 2. The van der Waals surface area contributed by atoms with Gasteiger partial charge in [-0.2, -0.15) is 0 Å². The van der Waals surface area contributed by atoms with Crippen LogP contribution in [0.1, 0.15) is 0 Å². The van der Waals surface area contributed by atoms with Crippen LogP contribution in [0.3, 0.4) is 0 Å². The Morgan fingerprint density at radius 3 is 2.00 bits per heavy atom. The van der Waals surface area contributed by atoms with Crippen molar-refractivity contribution in [2.45, 2.75) is 6.35 Å². The first kappa shape index (κ1) is 12.4. The summed E-state index contributed by atoms with van der Waals surface area (Å²) in [5, 5.41) is 0. The van der Waals surface area contributed by atoms with Crippen LogP contribution in [0.15, 0.2) is 34.3 Å². The molecule has 0 N–H and O–H groups in total. The van der Waals surface area contributed by atoms with Crippen molar-refractivity contribution in [3.63, 3.8) is 0 Å². The molecule has 0 aliphatic heterocycles. The van der Waals surface area contributed by atoms with Gasteiger partial charge < -0.3 is 7.80 Å². The van der Waals surface area contributed by atoms with Crippen molar-refractivity contribution in [1.82, 2.24) is 0 Å². The van der Waals surface area contributed by atoms with Crippen LogP contribution in [-0.4, -0.2) is 18.5 Å². The molecule has 0 saturated carbocycles. The van der Waals surface area contributed by atoms with Crippen molar-refractivity contribution in [3.05, 3.63) is 24.3 Å². The van der Waals surface area contributed by atoms with E-state index in [1.807, 2.05) is 0 Å². The van der Waals surface area contributed by atoms with Gasteiger partial charge in [0.15, 0.2) is 23.0 Å². The summed E-state index contributed by atoms with van der Waals surface area (Å²) < 4.78 is 9.99. The smallest absolute Gasteiger partial charge is 0.308 e. The summed E-state index contributed by atoms with van der Waals surface area (Å²) in [4.78, 5) is 26.3. The molecule has 0 aromatic heterocycles. The summed E-state index contributed by atoms with van der Waals surface area (Å²) in [5.74, 6) is 1.03. The Bertz CT molecular complexity index is 417. The molecule has 1 aromatic carbocycles. The second-order valence-corrected chi connectivity index (χ2v) is 2.87. The highest BCUT2D eigenvalue weighted by molar-refractivity contribution is 14.1. The van der Waals surface area contributed by atoms with Crippen molar-refractivity contribution < 1.29 is 17.4 Å². The fourth-order valence-corrected chi connectivity index (χ4v) is 1.16. The Kier molecular flexibility index (Phi) is 5.21. The van der Waals surface area contributed by atoms with E-state index in [0.29, 0.717) is 11.5 Å². The number of halogens is 1. The van der Waals surface area contributed by atoms with E-state index in [0.717, 1.165) is 0 Å². The van der Waals surface area contributed by atoms with Crippen LogP contribution >= 0.6 is 23.0 Å². The third kappa shape index (κ3) is 3.82. The number of hydrogen-bond donors (Lipinski definition) is 0. The Morgan fingerprint density at radius 1 is 1.06 bits per heavy atom. The van der Waals surface area contributed by atoms with Gasteiger partial charge in [0, 0.05) is 0 Å². The average molecular weight is 332 g/mol. The molecule has 0 bridgehead atoms. The predicted molar refractivity (Wildman–Crippen MR) is 61.7 cm³/mol. The topological polar surface area (TPSA) is 77.3 Å². The summed E-state index contributed by atoms with van der Waals surface area (Å²) >= 11 is 1.74. The van der Waals surface area contributed by atoms with Crippen LogP contribution < -0.4 is 7.80 Å². The van der Waals surface area contributed by atoms with E-state index in [1.54, 1.807) is 47.3 Å². The Hall–Kier alpha value is -1.69. The minimum Gasteiger partial charge on any atom is -0.448 e. The van der Waals surface area contributed by atoms with Gasteiger partial charge in [-0.1, -0.05) is 0 Å². The van der Waals surface area contributed by atoms with Crippen LogP contribution in [0, 0.1) is 0 Å². The van der Waals surface area contributed by atoms with Gasteiger partial charge in [0.25, 0.3) is 0 Å². The molecule has 0 atom stereocenters. The SMILES string of the molecule is O=C=NC(N=C=O)Oc1ccc(OI)cc1. The summed E-state index contributed by atoms with van der Waals surface area (Å²) in [6.07, 6.45) is 1.25. The summed E-state index contributed by atoms with van der Waals surface area (Å²) in [6.45, 7) is 0. The fraction of sp³-hybridized carbons (Fsp3) is 0.111. The van der Waals surface area contributed by atoms with E-state index in [9.17, 15) is 9.59 Å².